The fraction of sp³-hybridized carbons (Fsp3) is 0.0625. The monoisotopic (exact) mass is 307 g/mol. The van der Waals surface area contributed by atoms with Crippen LogP contribution in [-0.2, 0) is 7.05 Å². The molecule has 3 aromatic heterocycles. The van der Waals surface area contributed by atoms with Crippen LogP contribution in [0.25, 0.3) is 22.1 Å². The van der Waals surface area contributed by atoms with Gasteiger partial charge in [0.2, 0.25) is 0 Å². The van der Waals surface area contributed by atoms with Gasteiger partial charge in [0.05, 0.1) is 11.2 Å². The Hall–Kier alpha value is -3.35. The molecule has 0 saturated carbocycles. The van der Waals surface area contributed by atoms with Crippen molar-refractivity contribution < 1.29 is 4.74 Å². The Bertz CT molecular complexity index is 1100. The SMILES string of the molecule is Cn1c(=O)[nH]c2nccc(Oc3ccc(N)c4ncccc34)c21. The summed E-state index contributed by atoms with van der Waals surface area (Å²) in [6.45, 7) is 0. The Kier molecular flexibility index (Phi) is 2.80. The van der Waals surface area contributed by atoms with Crippen LogP contribution in [0.3, 0.4) is 0 Å². The van der Waals surface area contributed by atoms with Crippen molar-refractivity contribution in [2.24, 2.45) is 7.05 Å². The number of fused-ring (bicyclic) bond motifs is 2. The maximum Gasteiger partial charge on any atom is 0.327 e. The normalized spacial score (nSPS) is 11.2. The van der Waals surface area contributed by atoms with Crippen LogP contribution in [0.5, 0.6) is 11.5 Å². The molecule has 0 saturated heterocycles. The predicted octanol–water partition coefficient (Wildman–Crippen LogP) is 2.18. The first-order valence-corrected chi connectivity index (χ1v) is 7.00. The van der Waals surface area contributed by atoms with Gasteiger partial charge in [-0.15, -0.1) is 0 Å². The van der Waals surface area contributed by atoms with Crippen LogP contribution < -0.4 is 16.2 Å². The van der Waals surface area contributed by atoms with Crippen LogP contribution in [0.15, 0.2) is 47.5 Å². The van der Waals surface area contributed by atoms with Crippen molar-refractivity contribution >= 4 is 27.8 Å². The predicted molar refractivity (Wildman–Crippen MR) is 87.6 cm³/mol. The van der Waals surface area contributed by atoms with Gasteiger partial charge in [-0.05, 0) is 24.3 Å². The molecule has 114 valence electrons. The van der Waals surface area contributed by atoms with Gasteiger partial charge in [0, 0.05) is 30.9 Å². The Labute approximate surface area is 130 Å². The van der Waals surface area contributed by atoms with Gasteiger partial charge >= 0.3 is 5.69 Å². The number of benzene rings is 1. The van der Waals surface area contributed by atoms with E-state index in [1.165, 1.54) is 4.57 Å². The summed E-state index contributed by atoms with van der Waals surface area (Å²) >= 11 is 0. The Morgan fingerprint density at radius 2 is 2.00 bits per heavy atom. The number of nitrogens with one attached hydrogen (secondary N) is 1. The van der Waals surface area contributed by atoms with Gasteiger partial charge in [0.15, 0.2) is 11.4 Å². The van der Waals surface area contributed by atoms with Crippen molar-refractivity contribution in [3.63, 3.8) is 0 Å². The third kappa shape index (κ3) is 2.02. The zero-order valence-corrected chi connectivity index (χ0v) is 12.3. The third-order valence-corrected chi connectivity index (χ3v) is 3.73. The molecule has 0 spiro atoms. The summed E-state index contributed by atoms with van der Waals surface area (Å²) in [5.74, 6) is 1.15. The number of imidazole rings is 1. The van der Waals surface area contributed by atoms with E-state index < -0.39 is 0 Å². The van der Waals surface area contributed by atoms with E-state index in [-0.39, 0.29) is 5.69 Å². The average molecular weight is 307 g/mol. The molecule has 0 aliphatic rings. The van der Waals surface area contributed by atoms with Crippen molar-refractivity contribution in [3.8, 4) is 11.5 Å². The van der Waals surface area contributed by atoms with Gasteiger partial charge in [0.25, 0.3) is 0 Å². The molecule has 4 rings (SSSR count). The summed E-state index contributed by atoms with van der Waals surface area (Å²) in [7, 11) is 1.67. The Morgan fingerprint density at radius 1 is 1.13 bits per heavy atom. The minimum absolute atomic E-state index is 0.243. The molecule has 23 heavy (non-hydrogen) atoms. The maximum absolute atomic E-state index is 11.8. The maximum atomic E-state index is 11.8. The summed E-state index contributed by atoms with van der Waals surface area (Å²) in [5.41, 5.74) is 8.06. The van der Waals surface area contributed by atoms with Crippen LogP contribution in [0, 0.1) is 0 Å². The van der Waals surface area contributed by atoms with Crippen molar-refractivity contribution in [3.05, 3.63) is 53.2 Å². The first-order chi connectivity index (χ1) is 11.1. The lowest BCUT2D eigenvalue weighted by molar-refractivity contribution is 0.491. The van der Waals surface area contributed by atoms with Crippen molar-refractivity contribution in [2.45, 2.75) is 0 Å². The van der Waals surface area contributed by atoms with E-state index in [2.05, 4.69) is 15.0 Å². The number of ether oxygens (including phenoxy) is 1. The van der Waals surface area contributed by atoms with E-state index in [1.807, 2.05) is 12.1 Å². The number of nitrogens with zero attached hydrogens (tertiary/aromatic N) is 3. The number of nitrogen functional groups attached to an aromatic ring is 1. The molecule has 0 unspecified atom stereocenters. The summed E-state index contributed by atoms with van der Waals surface area (Å²) in [6.07, 6.45) is 3.27. The minimum atomic E-state index is -0.243. The lowest BCUT2D eigenvalue weighted by atomic mass is 10.1. The largest absolute Gasteiger partial charge is 0.454 e. The van der Waals surface area contributed by atoms with Gasteiger partial charge < -0.3 is 10.5 Å². The lowest BCUT2D eigenvalue weighted by Crippen LogP contribution is -2.12. The van der Waals surface area contributed by atoms with E-state index in [4.69, 9.17) is 10.5 Å². The van der Waals surface area contributed by atoms with Crippen LogP contribution >= 0.6 is 0 Å². The van der Waals surface area contributed by atoms with Crippen molar-refractivity contribution in [1.29, 1.82) is 0 Å². The number of hydrogen-bond donors (Lipinski definition) is 2. The molecule has 0 amide bonds. The summed E-state index contributed by atoms with van der Waals surface area (Å²) < 4.78 is 7.51. The molecule has 0 atom stereocenters. The molecule has 3 N–H and O–H groups in total. The number of nitrogens with two attached hydrogens (primary N) is 1. The van der Waals surface area contributed by atoms with E-state index in [9.17, 15) is 4.79 Å². The van der Waals surface area contributed by atoms with E-state index in [1.54, 1.807) is 37.6 Å². The lowest BCUT2D eigenvalue weighted by Gasteiger charge is -2.11. The molecule has 4 aromatic rings. The smallest absolute Gasteiger partial charge is 0.327 e. The highest BCUT2D eigenvalue weighted by molar-refractivity contribution is 5.94. The van der Waals surface area contributed by atoms with Crippen LogP contribution in [0.4, 0.5) is 5.69 Å². The summed E-state index contributed by atoms with van der Waals surface area (Å²) in [4.78, 5) is 22.9. The number of rotatable bonds is 2. The third-order valence-electron chi connectivity index (χ3n) is 3.73. The molecular formula is C16H13N5O2. The van der Waals surface area contributed by atoms with Gasteiger partial charge in [-0.3, -0.25) is 14.5 Å². The fourth-order valence-electron chi connectivity index (χ4n) is 2.60. The minimum Gasteiger partial charge on any atom is -0.454 e. The summed E-state index contributed by atoms with van der Waals surface area (Å²) in [5, 5.41) is 0.804. The molecule has 0 bridgehead atoms. The fourth-order valence-corrected chi connectivity index (χ4v) is 2.60. The summed E-state index contributed by atoms with van der Waals surface area (Å²) in [6, 6.07) is 8.97. The first kappa shape index (κ1) is 13.3. The van der Waals surface area contributed by atoms with Gasteiger partial charge in [-0.25, -0.2) is 9.78 Å². The van der Waals surface area contributed by atoms with Crippen molar-refractivity contribution in [1.82, 2.24) is 19.5 Å². The highest BCUT2D eigenvalue weighted by Gasteiger charge is 2.13. The molecule has 0 aliphatic heterocycles. The van der Waals surface area contributed by atoms with Gasteiger partial charge in [-0.1, -0.05) is 0 Å². The zero-order valence-electron chi connectivity index (χ0n) is 12.3. The Morgan fingerprint density at radius 3 is 2.87 bits per heavy atom. The highest BCUT2D eigenvalue weighted by Crippen LogP contribution is 2.33. The second-order valence-corrected chi connectivity index (χ2v) is 5.15. The second-order valence-electron chi connectivity index (χ2n) is 5.15. The number of aromatic amines is 1. The number of hydrogen-bond acceptors (Lipinski definition) is 5. The van der Waals surface area contributed by atoms with Crippen LogP contribution in [0.2, 0.25) is 0 Å². The van der Waals surface area contributed by atoms with Crippen molar-refractivity contribution in [2.75, 3.05) is 5.73 Å². The zero-order chi connectivity index (χ0) is 16.0. The second kappa shape index (κ2) is 4.84. The number of aromatic nitrogens is 4. The molecular weight excluding hydrogens is 294 g/mol. The van der Waals surface area contributed by atoms with Crippen LogP contribution in [-0.4, -0.2) is 19.5 Å². The molecule has 7 heteroatoms. The number of anilines is 1. The molecule has 3 heterocycles. The molecule has 7 nitrogen and oxygen atoms in total. The first-order valence-electron chi connectivity index (χ1n) is 7.00. The standard InChI is InChI=1S/C16H13N5O2/c1-21-14-12(6-8-19-15(14)20-16(21)22)23-11-5-4-10(17)13-9(11)3-2-7-18-13/h2-8H,17H2,1H3,(H,19,20,22). The van der Waals surface area contributed by atoms with Crippen LogP contribution in [0.1, 0.15) is 0 Å². The topological polar surface area (TPSA) is 98.8 Å². The molecule has 0 aliphatic carbocycles. The molecule has 1 aromatic carbocycles. The number of pyridine rings is 2. The number of aryl methyl sites for hydroxylation is 1. The molecule has 0 radical (unpaired) electrons. The average Bonchev–Trinajstić information content (AvgIpc) is 2.86. The van der Waals surface area contributed by atoms with Gasteiger partial charge in [0.1, 0.15) is 11.3 Å². The quantitative estimate of drug-likeness (QED) is 0.553. The van der Waals surface area contributed by atoms with E-state index >= 15 is 0 Å². The van der Waals surface area contributed by atoms with E-state index in [0.717, 1.165) is 5.39 Å². The highest BCUT2D eigenvalue weighted by atomic mass is 16.5. The Balaban J connectivity index is 1.92. The van der Waals surface area contributed by atoms with E-state index in [0.29, 0.717) is 33.9 Å². The molecule has 0 fully saturated rings. The number of H-pyrrole nitrogens is 1. The van der Waals surface area contributed by atoms with Gasteiger partial charge in [-0.2, -0.15) is 0 Å².